The molecule has 0 aliphatic carbocycles. The van der Waals surface area contributed by atoms with E-state index in [1.165, 1.54) is 28.0 Å². The molecule has 0 amide bonds. The van der Waals surface area contributed by atoms with Gasteiger partial charge in [-0.3, -0.25) is 0 Å². The van der Waals surface area contributed by atoms with Crippen molar-refractivity contribution in [3.8, 4) is 17.3 Å². The van der Waals surface area contributed by atoms with Crippen LogP contribution in [0.2, 0.25) is 0 Å². The largest absolute Gasteiger partial charge is 0.235 e. The Morgan fingerprint density at radius 2 is 1.92 bits per heavy atom. The molecule has 0 unspecified atom stereocenters. The van der Waals surface area contributed by atoms with Crippen molar-refractivity contribution in [1.29, 1.82) is 5.26 Å². The molecule has 2 aromatic carbocycles. The summed E-state index contributed by atoms with van der Waals surface area (Å²) in [6.07, 6.45) is 2.92. The Bertz CT molecular complexity index is 956. The van der Waals surface area contributed by atoms with Crippen LogP contribution in [0.25, 0.3) is 22.9 Å². The molecule has 0 aliphatic heterocycles. The predicted octanol–water partition coefficient (Wildman–Crippen LogP) is 6.05. The average Bonchev–Trinajstić information content (AvgIpc) is 3.09. The topological polar surface area (TPSA) is 36.7 Å². The van der Waals surface area contributed by atoms with Crippen molar-refractivity contribution in [1.82, 2.24) is 4.98 Å². The van der Waals surface area contributed by atoms with Crippen LogP contribution in [0.4, 0.5) is 0 Å². The molecule has 2 nitrogen and oxygen atoms in total. The third kappa shape index (κ3) is 3.87. The lowest BCUT2D eigenvalue weighted by atomic mass is 10.0. The third-order valence-electron chi connectivity index (χ3n) is 4.21. The SMILES string of the molecule is CCc1ccc(/C=C(\C#N)c2nc(-c3ccc(C)cc3C)cs2)cc1. The van der Waals surface area contributed by atoms with Crippen LogP contribution in [0.5, 0.6) is 0 Å². The molecule has 0 N–H and O–H groups in total. The van der Waals surface area contributed by atoms with Gasteiger partial charge in [0.05, 0.1) is 11.3 Å². The highest BCUT2D eigenvalue weighted by atomic mass is 32.1. The molecular weight excluding hydrogens is 324 g/mol. The zero-order valence-corrected chi connectivity index (χ0v) is 15.5. The Morgan fingerprint density at radius 1 is 1.16 bits per heavy atom. The molecular formula is C22H20N2S. The maximum atomic E-state index is 9.56. The van der Waals surface area contributed by atoms with Crippen molar-refractivity contribution >= 4 is 23.0 Å². The molecule has 1 aromatic heterocycles. The average molecular weight is 344 g/mol. The van der Waals surface area contributed by atoms with Crippen LogP contribution in [-0.4, -0.2) is 4.98 Å². The summed E-state index contributed by atoms with van der Waals surface area (Å²) in [4.78, 5) is 4.70. The van der Waals surface area contributed by atoms with Crippen LogP contribution in [0.3, 0.4) is 0 Å². The number of allylic oxidation sites excluding steroid dienone is 1. The van der Waals surface area contributed by atoms with Gasteiger partial charge in [-0.15, -0.1) is 11.3 Å². The zero-order valence-electron chi connectivity index (χ0n) is 14.7. The minimum Gasteiger partial charge on any atom is -0.235 e. The molecule has 0 saturated carbocycles. The van der Waals surface area contributed by atoms with E-state index in [9.17, 15) is 5.26 Å². The smallest absolute Gasteiger partial charge is 0.134 e. The number of nitrogens with zero attached hydrogens (tertiary/aromatic N) is 2. The Balaban J connectivity index is 1.93. The van der Waals surface area contributed by atoms with E-state index in [1.807, 2.05) is 11.5 Å². The summed E-state index contributed by atoms with van der Waals surface area (Å²) in [6, 6.07) is 16.9. The monoisotopic (exact) mass is 344 g/mol. The van der Waals surface area contributed by atoms with E-state index >= 15 is 0 Å². The third-order valence-corrected chi connectivity index (χ3v) is 5.09. The molecule has 0 fully saturated rings. The van der Waals surface area contributed by atoms with Crippen LogP contribution in [0.1, 0.15) is 34.2 Å². The summed E-state index contributed by atoms with van der Waals surface area (Å²) in [5, 5.41) is 12.3. The molecule has 124 valence electrons. The Hall–Kier alpha value is -2.70. The van der Waals surface area contributed by atoms with Crippen LogP contribution in [0, 0.1) is 25.2 Å². The van der Waals surface area contributed by atoms with Gasteiger partial charge in [0.15, 0.2) is 0 Å². The Kier molecular flexibility index (Phi) is 5.11. The molecule has 25 heavy (non-hydrogen) atoms. The van der Waals surface area contributed by atoms with Crippen LogP contribution in [-0.2, 0) is 6.42 Å². The summed E-state index contributed by atoms with van der Waals surface area (Å²) in [7, 11) is 0. The zero-order chi connectivity index (χ0) is 17.8. The number of hydrogen-bond acceptors (Lipinski definition) is 3. The van der Waals surface area contributed by atoms with E-state index < -0.39 is 0 Å². The molecule has 3 rings (SSSR count). The van der Waals surface area contributed by atoms with Crippen molar-refractivity contribution in [3.05, 3.63) is 75.1 Å². The van der Waals surface area contributed by atoms with Gasteiger partial charge in [-0.05, 0) is 43.0 Å². The van der Waals surface area contributed by atoms with Gasteiger partial charge in [0.1, 0.15) is 11.1 Å². The fourth-order valence-corrected chi connectivity index (χ4v) is 3.57. The summed E-state index contributed by atoms with van der Waals surface area (Å²) < 4.78 is 0. The first kappa shape index (κ1) is 17.1. The Labute approximate surface area is 153 Å². The summed E-state index contributed by atoms with van der Waals surface area (Å²) in [6.45, 7) is 6.32. The van der Waals surface area contributed by atoms with Crippen LogP contribution >= 0.6 is 11.3 Å². The molecule has 1 heterocycles. The van der Waals surface area contributed by atoms with E-state index in [-0.39, 0.29) is 0 Å². The number of thiazole rings is 1. The number of rotatable bonds is 4. The molecule has 0 saturated heterocycles. The second-order valence-electron chi connectivity index (χ2n) is 6.12. The van der Waals surface area contributed by atoms with Crippen molar-refractivity contribution in [2.24, 2.45) is 0 Å². The second kappa shape index (κ2) is 7.46. The minimum atomic E-state index is 0.602. The van der Waals surface area contributed by atoms with Gasteiger partial charge in [0, 0.05) is 10.9 Å². The summed E-state index contributed by atoms with van der Waals surface area (Å²) in [5.74, 6) is 0. The summed E-state index contributed by atoms with van der Waals surface area (Å²) >= 11 is 1.51. The van der Waals surface area contributed by atoms with Gasteiger partial charge in [-0.25, -0.2) is 4.98 Å². The van der Waals surface area contributed by atoms with Gasteiger partial charge in [-0.2, -0.15) is 5.26 Å². The summed E-state index contributed by atoms with van der Waals surface area (Å²) in [5.41, 5.74) is 7.42. The Morgan fingerprint density at radius 3 is 2.56 bits per heavy atom. The molecule has 0 atom stereocenters. The lowest BCUT2D eigenvalue weighted by molar-refractivity contribution is 1.14. The number of aryl methyl sites for hydroxylation is 3. The van der Waals surface area contributed by atoms with E-state index in [1.54, 1.807) is 0 Å². The maximum Gasteiger partial charge on any atom is 0.134 e. The van der Waals surface area contributed by atoms with Gasteiger partial charge in [-0.1, -0.05) is 55.0 Å². The number of benzene rings is 2. The lowest BCUT2D eigenvalue weighted by Gasteiger charge is -2.03. The maximum absolute atomic E-state index is 9.56. The molecule has 3 heteroatoms. The van der Waals surface area contributed by atoms with Gasteiger partial charge in [0.25, 0.3) is 0 Å². The molecule has 0 spiro atoms. The highest BCUT2D eigenvalue weighted by Gasteiger charge is 2.11. The fourth-order valence-electron chi connectivity index (χ4n) is 2.78. The van der Waals surface area contributed by atoms with Crippen LogP contribution in [0.15, 0.2) is 47.8 Å². The minimum absolute atomic E-state index is 0.602. The number of hydrogen-bond donors (Lipinski definition) is 0. The quantitative estimate of drug-likeness (QED) is 0.540. The van der Waals surface area contributed by atoms with Crippen molar-refractivity contribution in [2.75, 3.05) is 0 Å². The molecule has 0 bridgehead atoms. The van der Waals surface area contributed by atoms with Crippen LogP contribution < -0.4 is 0 Å². The van der Waals surface area contributed by atoms with E-state index in [0.29, 0.717) is 5.57 Å². The first-order valence-corrected chi connectivity index (χ1v) is 9.23. The van der Waals surface area contributed by atoms with Gasteiger partial charge < -0.3 is 0 Å². The van der Waals surface area contributed by atoms with Gasteiger partial charge >= 0.3 is 0 Å². The second-order valence-corrected chi connectivity index (χ2v) is 6.98. The van der Waals surface area contributed by atoms with Crippen molar-refractivity contribution < 1.29 is 0 Å². The van der Waals surface area contributed by atoms with Crippen molar-refractivity contribution in [3.63, 3.8) is 0 Å². The van der Waals surface area contributed by atoms with E-state index in [0.717, 1.165) is 28.2 Å². The highest BCUT2D eigenvalue weighted by molar-refractivity contribution is 7.11. The normalized spacial score (nSPS) is 11.4. The molecule has 0 radical (unpaired) electrons. The number of nitriles is 1. The standard InChI is InChI=1S/C22H20N2S/c1-4-17-6-8-18(9-7-17)12-19(13-23)22-24-21(14-25-22)20-10-5-15(2)11-16(20)3/h5-12,14H,4H2,1-3H3/b19-12+. The molecule has 0 aliphatic rings. The lowest BCUT2D eigenvalue weighted by Crippen LogP contribution is -1.87. The predicted molar refractivity (Wildman–Crippen MR) is 106 cm³/mol. The van der Waals surface area contributed by atoms with E-state index in [2.05, 4.69) is 69.3 Å². The van der Waals surface area contributed by atoms with E-state index in [4.69, 9.17) is 4.98 Å². The highest BCUT2D eigenvalue weighted by Crippen LogP contribution is 2.29. The first-order chi connectivity index (χ1) is 12.1. The fraction of sp³-hybridized carbons (Fsp3) is 0.182. The molecule has 3 aromatic rings. The first-order valence-electron chi connectivity index (χ1n) is 8.35. The van der Waals surface area contributed by atoms with Gasteiger partial charge in [0.2, 0.25) is 0 Å². The number of aromatic nitrogens is 1. The van der Waals surface area contributed by atoms with Crippen molar-refractivity contribution in [2.45, 2.75) is 27.2 Å².